The number of likely N-dealkylation sites (tertiary alicyclic amines) is 1. The maximum Gasteiger partial charge on any atom is 0.0200 e. The summed E-state index contributed by atoms with van der Waals surface area (Å²) >= 11 is 0. The lowest BCUT2D eigenvalue weighted by Crippen LogP contribution is -2.53. The first-order valence-corrected chi connectivity index (χ1v) is 9.21. The van der Waals surface area contributed by atoms with Gasteiger partial charge in [0, 0.05) is 31.2 Å². The van der Waals surface area contributed by atoms with E-state index in [1.807, 2.05) is 0 Å². The lowest BCUT2D eigenvalue weighted by Gasteiger charge is -2.42. The summed E-state index contributed by atoms with van der Waals surface area (Å²) in [6.45, 7) is 7.39. The zero-order valence-corrected chi connectivity index (χ0v) is 13.6. The van der Waals surface area contributed by atoms with Gasteiger partial charge in [-0.3, -0.25) is 4.90 Å². The van der Waals surface area contributed by atoms with Gasteiger partial charge in [-0.25, -0.2) is 0 Å². The van der Waals surface area contributed by atoms with Crippen LogP contribution in [0, 0.1) is 11.8 Å². The first-order chi connectivity index (χ1) is 9.70. The predicted molar refractivity (Wildman–Crippen MR) is 86.0 cm³/mol. The summed E-state index contributed by atoms with van der Waals surface area (Å²) in [6, 6.07) is 2.30. The second kappa shape index (κ2) is 6.79. The summed E-state index contributed by atoms with van der Waals surface area (Å²) in [5, 5.41) is 4.02. The SMILES string of the molecule is CC(C)N1CC(CC2CC2)CC(NC2CCCCC2)C1. The molecular formula is C18H34N2. The maximum atomic E-state index is 4.02. The molecule has 0 radical (unpaired) electrons. The van der Waals surface area contributed by atoms with Gasteiger partial charge < -0.3 is 5.32 Å². The molecule has 3 rings (SSSR count). The van der Waals surface area contributed by atoms with E-state index in [9.17, 15) is 0 Å². The average molecular weight is 278 g/mol. The molecule has 3 fully saturated rings. The van der Waals surface area contributed by atoms with Crippen LogP contribution in [0.2, 0.25) is 0 Å². The summed E-state index contributed by atoms with van der Waals surface area (Å²) in [4.78, 5) is 2.73. The van der Waals surface area contributed by atoms with Gasteiger partial charge in [0.2, 0.25) is 0 Å². The Balaban J connectivity index is 1.53. The van der Waals surface area contributed by atoms with Crippen molar-refractivity contribution in [3.8, 4) is 0 Å². The summed E-state index contributed by atoms with van der Waals surface area (Å²) in [6.07, 6.45) is 13.2. The Morgan fingerprint density at radius 2 is 1.65 bits per heavy atom. The Morgan fingerprint density at radius 3 is 2.30 bits per heavy atom. The van der Waals surface area contributed by atoms with Crippen molar-refractivity contribution in [3.63, 3.8) is 0 Å². The van der Waals surface area contributed by atoms with Crippen molar-refractivity contribution in [2.75, 3.05) is 13.1 Å². The molecule has 0 aromatic heterocycles. The summed E-state index contributed by atoms with van der Waals surface area (Å²) in [7, 11) is 0. The number of rotatable bonds is 5. The van der Waals surface area contributed by atoms with Crippen LogP contribution in [-0.4, -0.2) is 36.1 Å². The highest BCUT2D eigenvalue weighted by Crippen LogP contribution is 2.38. The van der Waals surface area contributed by atoms with E-state index in [0.29, 0.717) is 6.04 Å². The van der Waals surface area contributed by atoms with Crippen LogP contribution in [0.4, 0.5) is 0 Å². The molecule has 1 aliphatic heterocycles. The van der Waals surface area contributed by atoms with Gasteiger partial charge in [0.05, 0.1) is 0 Å². The Labute approximate surface area is 125 Å². The van der Waals surface area contributed by atoms with Crippen LogP contribution in [0.15, 0.2) is 0 Å². The van der Waals surface area contributed by atoms with Crippen LogP contribution in [0.1, 0.15) is 71.6 Å². The molecular weight excluding hydrogens is 244 g/mol. The number of piperidine rings is 1. The van der Waals surface area contributed by atoms with E-state index in [1.54, 1.807) is 0 Å². The molecule has 0 aromatic rings. The van der Waals surface area contributed by atoms with Gasteiger partial charge in [-0.1, -0.05) is 32.1 Å². The fourth-order valence-electron chi connectivity index (χ4n) is 4.38. The Hall–Kier alpha value is -0.0800. The standard InChI is InChI=1S/C18H34N2/c1-14(2)20-12-16(10-15-8-9-15)11-18(13-20)19-17-6-4-3-5-7-17/h14-19H,3-13H2,1-2H3. The minimum absolute atomic E-state index is 0.715. The van der Waals surface area contributed by atoms with Gasteiger partial charge in [-0.15, -0.1) is 0 Å². The first kappa shape index (κ1) is 14.8. The molecule has 2 unspecified atom stereocenters. The topological polar surface area (TPSA) is 15.3 Å². The molecule has 1 N–H and O–H groups in total. The second-order valence-electron chi connectivity index (χ2n) is 8.03. The van der Waals surface area contributed by atoms with E-state index in [0.717, 1.165) is 23.9 Å². The molecule has 2 saturated carbocycles. The van der Waals surface area contributed by atoms with Crippen molar-refractivity contribution >= 4 is 0 Å². The third-order valence-corrected chi connectivity index (χ3v) is 5.74. The van der Waals surface area contributed by atoms with E-state index < -0.39 is 0 Å². The van der Waals surface area contributed by atoms with E-state index in [4.69, 9.17) is 0 Å². The van der Waals surface area contributed by atoms with E-state index in [2.05, 4.69) is 24.1 Å². The van der Waals surface area contributed by atoms with Crippen molar-refractivity contribution in [2.24, 2.45) is 11.8 Å². The lowest BCUT2D eigenvalue weighted by molar-refractivity contribution is 0.0972. The highest BCUT2D eigenvalue weighted by Gasteiger charge is 2.33. The second-order valence-corrected chi connectivity index (χ2v) is 8.03. The monoisotopic (exact) mass is 278 g/mol. The van der Waals surface area contributed by atoms with Gasteiger partial charge >= 0.3 is 0 Å². The third-order valence-electron chi connectivity index (χ3n) is 5.74. The van der Waals surface area contributed by atoms with Gasteiger partial charge in [-0.2, -0.15) is 0 Å². The van der Waals surface area contributed by atoms with Crippen LogP contribution in [0.25, 0.3) is 0 Å². The van der Waals surface area contributed by atoms with Crippen molar-refractivity contribution in [1.29, 1.82) is 0 Å². The smallest absolute Gasteiger partial charge is 0.0200 e. The summed E-state index contributed by atoms with van der Waals surface area (Å²) in [5.74, 6) is 2.04. The largest absolute Gasteiger partial charge is 0.310 e. The fraction of sp³-hybridized carbons (Fsp3) is 1.00. The van der Waals surface area contributed by atoms with E-state index >= 15 is 0 Å². The molecule has 2 nitrogen and oxygen atoms in total. The molecule has 0 bridgehead atoms. The molecule has 3 aliphatic rings. The normalized spacial score (nSPS) is 33.8. The quantitative estimate of drug-likeness (QED) is 0.822. The minimum atomic E-state index is 0.715. The highest BCUT2D eigenvalue weighted by molar-refractivity contribution is 4.90. The molecule has 1 heterocycles. The van der Waals surface area contributed by atoms with Crippen molar-refractivity contribution in [2.45, 2.75) is 89.8 Å². The molecule has 0 aromatic carbocycles. The Bertz CT molecular complexity index is 292. The Kier molecular flexibility index (Phi) is 5.04. The fourth-order valence-corrected chi connectivity index (χ4v) is 4.38. The first-order valence-electron chi connectivity index (χ1n) is 9.21. The molecule has 0 spiro atoms. The van der Waals surface area contributed by atoms with Crippen molar-refractivity contribution in [3.05, 3.63) is 0 Å². The van der Waals surface area contributed by atoms with E-state index in [1.165, 1.54) is 70.9 Å². The van der Waals surface area contributed by atoms with Gasteiger partial charge in [-0.05, 0) is 51.4 Å². The summed E-state index contributed by atoms with van der Waals surface area (Å²) < 4.78 is 0. The maximum absolute atomic E-state index is 4.02. The van der Waals surface area contributed by atoms with Crippen LogP contribution < -0.4 is 5.32 Å². The number of hydrogen-bond donors (Lipinski definition) is 1. The van der Waals surface area contributed by atoms with Crippen molar-refractivity contribution < 1.29 is 0 Å². The third kappa shape index (κ3) is 4.21. The van der Waals surface area contributed by atoms with Crippen LogP contribution in [0.5, 0.6) is 0 Å². The van der Waals surface area contributed by atoms with Gasteiger partial charge in [0.1, 0.15) is 0 Å². The molecule has 0 amide bonds. The molecule has 2 heteroatoms. The number of nitrogens with zero attached hydrogens (tertiary/aromatic N) is 1. The zero-order chi connectivity index (χ0) is 13.9. The minimum Gasteiger partial charge on any atom is -0.310 e. The number of nitrogens with one attached hydrogen (secondary N) is 1. The molecule has 2 aliphatic carbocycles. The Morgan fingerprint density at radius 1 is 0.900 bits per heavy atom. The predicted octanol–water partition coefficient (Wildman–Crippen LogP) is 3.81. The summed E-state index contributed by atoms with van der Waals surface area (Å²) in [5.41, 5.74) is 0. The van der Waals surface area contributed by atoms with Gasteiger partial charge in [0.15, 0.2) is 0 Å². The van der Waals surface area contributed by atoms with Crippen LogP contribution in [0.3, 0.4) is 0 Å². The molecule has 2 atom stereocenters. The molecule has 116 valence electrons. The zero-order valence-electron chi connectivity index (χ0n) is 13.6. The van der Waals surface area contributed by atoms with E-state index in [-0.39, 0.29) is 0 Å². The highest BCUT2D eigenvalue weighted by atomic mass is 15.2. The van der Waals surface area contributed by atoms with Gasteiger partial charge in [0.25, 0.3) is 0 Å². The average Bonchev–Trinajstić information content (AvgIpc) is 3.23. The molecule has 1 saturated heterocycles. The molecule has 20 heavy (non-hydrogen) atoms. The number of hydrogen-bond acceptors (Lipinski definition) is 2. The van der Waals surface area contributed by atoms with Crippen LogP contribution >= 0.6 is 0 Å². The van der Waals surface area contributed by atoms with Crippen LogP contribution in [-0.2, 0) is 0 Å². The van der Waals surface area contributed by atoms with Crippen molar-refractivity contribution in [1.82, 2.24) is 10.2 Å². The lowest BCUT2D eigenvalue weighted by atomic mass is 9.87.